The Morgan fingerprint density at radius 1 is 1.00 bits per heavy atom. The van der Waals surface area contributed by atoms with Gasteiger partial charge in [0, 0.05) is 29.1 Å². The summed E-state index contributed by atoms with van der Waals surface area (Å²) in [5.41, 5.74) is 8.64. The molecule has 0 unspecified atom stereocenters. The highest BCUT2D eigenvalue weighted by atomic mass is 19.1. The summed E-state index contributed by atoms with van der Waals surface area (Å²) >= 11 is 0. The molecule has 8 heteroatoms. The molecular formula is C29H23FN6O. The van der Waals surface area contributed by atoms with E-state index in [0.29, 0.717) is 29.0 Å². The highest BCUT2D eigenvalue weighted by Gasteiger charge is 2.16. The molecule has 0 radical (unpaired) electrons. The van der Waals surface area contributed by atoms with E-state index in [1.807, 2.05) is 55.5 Å². The van der Waals surface area contributed by atoms with Crippen molar-refractivity contribution in [3.63, 3.8) is 0 Å². The number of fused-ring (bicyclic) bond motifs is 2. The Hall–Kier alpha value is -4.85. The van der Waals surface area contributed by atoms with E-state index in [9.17, 15) is 9.18 Å². The molecule has 0 bridgehead atoms. The van der Waals surface area contributed by atoms with Crippen molar-refractivity contribution in [1.29, 1.82) is 0 Å². The number of halogens is 1. The molecule has 182 valence electrons. The number of carbonyl (C=O) groups is 1. The average Bonchev–Trinajstić information content (AvgIpc) is 3.51. The van der Waals surface area contributed by atoms with Crippen LogP contribution in [0.1, 0.15) is 18.9 Å². The Labute approximate surface area is 211 Å². The van der Waals surface area contributed by atoms with E-state index in [4.69, 9.17) is 4.98 Å². The summed E-state index contributed by atoms with van der Waals surface area (Å²) in [6.07, 6.45) is 3.71. The molecule has 2 aromatic carbocycles. The molecule has 6 rings (SSSR count). The van der Waals surface area contributed by atoms with E-state index in [2.05, 4.69) is 25.5 Å². The fourth-order valence-corrected chi connectivity index (χ4v) is 4.57. The fourth-order valence-electron chi connectivity index (χ4n) is 4.57. The van der Waals surface area contributed by atoms with E-state index in [1.54, 1.807) is 25.4 Å². The maximum absolute atomic E-state index is 14.1. The molecule has 7 nitrogen and oxygen atoms in total. The second kappa shape index (κ2) is 8.98. The van der Waals surface area contributed by atoms with Gasteiger partial charge in [-0.2, -0.15) is 5.10 Å². The summed E-state index contributed by atoms with van der Waals surface area (Å²) in [6.45, 7) is 3.69. The van der Waals surface area contributed by atoms with Crippen LogP contribution in [0.15, 0.2) is 73.1 Å². The van der Waals surface area contributed by atoms with Gasteiger partial charge in [0.2, 0.25) is 5.91 Å². The number of hydrogen-bond donors (Lipinski definition) is 3. The quantitative estimate of drug-likeness (QED) is 0.252. The van der Waals surface area contributed by atoms with Crippen LogP contribution < -0.4 is 5.32 Å². The standard InChI is InChI=1S/C29H23FN6O/c1-3-27(37)32-20-12-18(14-31-15-20)23-7-8-25-28(34-23)29(36-35-25)26-13-22-21(5-4-6-24(22)33-26)17-9-16(2)10-19(30)11-17/h4-15,33H,3H2,1-2H3,(H,32,37)(H,35,36). The van der Waals surface area contributed by atoms with Crippen molar-refractivity contribution in [2.24, 2.45) is 0 Å². The molecule has 4 heterocycles. The monoisotopic (exact) mass is 490 g/mol. The fraction of sp³-hybridized carbons (Fsp3) is 0.103. The molecule has 0 aliphatic rings. The Morgan fingerprint density at radius 2 is 1.89 bits per heavy atom. The zero-order valence-electron chi connectivity index (χ0n) is 20.3. The van der Waals surface area contributed by atoms with Gasteiger partial charge in [-0.05, 0) is 66.1 Å². The van der Waals surface area contributed by atoms with Crippen molar-refractivity contribution in [3.8, 4) is 33.8 Å². The highest BCUT2D eigenvalue weighted by Crippen LogP contribution is 2.35. The number of H-pyrrole nitrogens is 2. The van der Waals surface area contributed by atoms with Crippen molar-refractivity contribution < 1.29 is 9.18 Å². The molecule has 0 fully saturated rings. The van der Waals surface area contributed by atoms with Crippen LogP contribution in [-0.2, 0) is 4.79 Å². The number of hydrogen-bond acceptors (Lipinski definition) is 4. The van der Waals surface area contributed by atoms with Crippen LogP contribution in [0, 0.1) is 12.7 Å². The smallest absolute Gasteiger partial charge is 0.224 e. The van der Waals surface area contributed by atoms with Crippen LogP contribution in [-0.4, -0.2) is 31.1 Å². The lowest BCUT2D eigenvalue weighted by molar-refractivity contribution is -0.115. The molecule has 0 aliphatic carbocycles. The Bertz CT molecular complexity index is 1780. The predicted octanol–water partition coefficient (Wildman–Crippen LogP) is 6.63. The molecule has 0 saturated heterocycles. The maximum atomic E-state index is 14.1. The first-order chi connectivity index (χ1) is 18.0. The number of nitrogens with zero attached hydrogens (tertiary/aromatic N) is 3. The Balaban J connectivity index is 1.43. The minimum Gasteiger partial charge on any atom is -0.353 e. The van der Waals surface area contributed by atoms with Gasteiger partial charge < -0.3 is 10.3 Å². The van der Waals surface area contributed by atoms with Gasteiger partial charge in [0.1, 0.15) is 17.0 Å². The van der Waals surface area contributed by atoms with Crippen molar-refractivity contribution in [2.45, 2.75) is 20.3 Å². The predicted molar refractivity (Wildman–Crippen MR) is 143 cm³/mol. The number of carbonyl (C=O) groups excluding carboxylic acids is 1. The number of aromatic nitrogens is 5. The maximum Gasteiger partial charge on any atom is 0.224 e. The lowest BCUT2D eigenvalue weighted by Crippen LogP contribution is -2.09. The van der Waals surface area contributed by atoms with Crippen molar-refractivity contribution >= 4 is 33.5 Å². The van der Waals surface area contributed by atoms with Gasteiger partial charge in [-0.15, -0.1) is 0 Å². The lowest BCUT2D eigenvalue weighted by atomic mass is 10.00. The largest absolute Gasteiger partial charge is 0.353 e. The zero-order chi connectivity index (χ0) is 25.5. The van der Waals surface area contributed by atoms with Crippen LogP contribution in [0.4, 0.5) is 10.1 Å². The molecule has 0 spiro atoms. The van der Waals surface area contributed by atoms with Crippen LogP contribution >= 0.6 is 0 Å². The molecule has 0 aliphatic heterocycles. The van der Waals surface area contributed by atoms with Gasteiger partial charge in [-0.3, -0.25) is 14.9 Å². The Morgan fingerprint density at radius 3 is 2.73 bits per heavy atom. The number of amides is 1. The van der Waals surface area contributed by atoms with Gasteiger partial charge in [0.15, 0.2) is 0 Å². The molecule has 0 saturated carbocycles. The lowest BCUT2D eigenvalue weighted by Gasteiger charge is -2.06. The van der Waals surface area contributed by atoms with E-state index in [0.717, 1.165) is 44.4 Å². The molecular weight excluding hydrogens is 467 g/mol. The summed E-state index contributed by atoms with van der Waals surface area (Å²) < 4.78 is 14.1. The third-order valence-electron chi connectivity index (χ3n) is 6.32. The summed E-state index contributed by atoms with van der Waals surface area (Å²) in [5, 5.41) is 11.4. The van der Waals surface area contributed by atoms with Crippen LogP contribution in [0.2, 0.25) is 0 Å². The summed E-state index contributed by atoms with van der Waals surface area (Å²) in [4.78, 5) is 24.4. The van der Waals surface area contributed by atoms with Crippen LogP contribution in [0.25, 0.3) is 55.7 Å². The summed E-state index contributed by atoms with van der Waals surface area (Å²) in [5.74, 6) is -0.336. The number of benzene rings is 2. The van der Waals surface area contributed by atoms with E-state index >= 15 is 0 Å². The summed E-state index contributed by atoms with van der Waals surface area (Å²) in [7, 11) is 0. The number of aryl methyl sites for hydroxylation is 1. The van der Waals surface area contributed by atoms with E-state index in [1.165, 1.54) is 6.07 Å². The second-order valence-electron chi connectivity index (χ2n) is 9.00. The molecule has 4 aromatic heterocycles. The van der Waals surface area contributed by atoms with Gasteiger partial charge in [-0.1, -0.05) is 25.1 Å². The van der Waals surface area contributed by atoms with Gasteiger partial charge in [0.25, 0.3) is 0 Å². The first-order valence-electron chi connectivity index (χ1n) is 12.0. The molecule has 3 N–H and O–H groups in total. The minimum absolute atomic E-state index is 0.0777. The molecule has 0 atom stereocenters. The van der Waals surface area contributed by atoms with Crippen LogP contribution in [0.5, 0.6) is 0 Å². The number of anilines is 1. The third kappa shape index (κ3) is 4.23. The molecule has 1 amide bonds. The number of aromatic amines is 2. The van der Waals surface area contributed by atoms with E-state index < -0.39 is 0 Å². The highest BCUT2D eigenvalue weighted by molar-refractivity contribution is 6.00. The first-order valence-corrected chi connectivity index (χ1v) is 12.0. The van der Waals surface area contributed by atoms with Gasteiger partial charge in [0.05, 0.1) is 28.8 Å². The number of nitrogens with one attached hydrogen (secondary N) is 3. The first kappa shape index (κ1) is 22.6. The van der Waals surface area contributed by atoms with Crippen molar-refractivity contribution in [2.75, 3.05) is 5.32 Å². The molecule has 6 aromatic rings. The summed E-state index contributed by atoms with van der Waals surface area (Å²) in [6, 6.07) is 18.7. The number of pyridine rings is 2. The normalized spacial score (nSPS) is 11.3. The topological polar surface area (TPSA) is 99.4 Å². The van der Waals surface area contributed by atoms with Gasteiger partial charge in [-0.25, -0.2) is 9.37 Å². The average molecular weight is 491 g/mol. The Kier molecular flexibility index (Phi) is 5.49. The van der Waals surface area contributed by atoms with Crippen molar-refractivity contribution in [1.82, 2.24) is 25.1 Å². The SMILES string of the molecule is CCC(=O)Nc1cncc(-c2ccc3[nH]nc(-c4cc5c(-c6cc(C)cc(F)c6)cccc5[nH]4)c3n2)c1. The van der Waals surface area contributed by atoms with E-state index in [-0.39, 0.29) is 11.7 Å². The van der Waals surface area contributed by atoms with Gasteiger partial charge >= 0.3 is 0 Å². The zero-order valence-corrected chi connectivity index (χ0v) is 20.3. The second-order valence-corrected chi connectivity index (χ2v) is 9.00. The minimum atomic E-state index is -0.259. The van der Waals surface area contributed by atoms with Crippen molar-refractivity contribution in [3.05, 3.63) is 84.4 Å². The third-order valence-corrected chi connectivity index (χ3v) is 6.32. The van der Waals surface area contributed by atoms with Crippen LogP contribution in [0.3, 0.4) is 0 Å². The molecule has 37 heavy (non-hydrogen) atoms. The number of rotatable bonds is 5.